The Balaban J connectivity index is 2.40. The average Bonchev–Trinajstić information content (AvgIpc) is 2.76. The largest absolute Gasteiger partial charge is 0.394 e. The van der Waals surface area contributed by atoms with E-state index in [9.17, 15) is 15.2 Å². The van der Waals surface area contributed by atoms with Gasteiger partial charge in [0.05, 0.1) is 17.6 Å². The average molecular weight is 302 g/mol. The van der Waals surface area contributed by atoms with Crippen LogP contribution in [0.4, 0.5) is 11.5 Å². The predicted molar refractivity (Wildman–Crippen MR) is 66.0 cm³/mol. The lowest BCUT2D eigenvalue weighted by atomic mass is 10.2. The number of pyridine rings is 1. The molecule has 2 rings (SSSR count). The molecule has 1 atom stereocenters. The highest BCUT2D eigenvalue weighted by Gasteiger charge is 2.30. The molecule has 1 fully saturated rings. The van der Waals surface area contributed by atoms with Gasteiger partial charge in [-0.05, 0) is 28.8 Å². The number of halogens is 1. The maximum absolute atomic E-state index is 11.0. The minimum Gasteiger partial charge on any atom is -0.394 e. The Bertz CT molecular complexity index is 441. The second kappa shape index (κ2) is 4.97. The zero-order valence-corrected chi connectivity index (χ0v) is 10.6. The van der Waals surface area contributed by atoms with Crippen molar-refractivity contribution in [1.82, 2.24) is 4.98 Å². The summed E-state index contributed by atoms with van der Waals surface area (Å²) < 4.78 is 0.577. The smallest absolute Gasteiger partial charge is 0.312 e. The summed E-state index contributed by atoms with van der Waals surface area (Å²) in [5.74, 6) is 0.342. The minimum atomic E-state index is -0.445. The summed E-state index contributed by atoms with van der Waals surface area (Å²) in [7, 11) is 0. The van der Waals surface area contributed by atoms with Crippen LogP contribution < -0.4 is 4.90 Å². The fourth-order valence-electron chi connectivity index (χ4n) is 2.08. The molecule has 0 aromatic carbocycles. The van der Waals surface area contributed by atoms with Crippen molar-refractivity contribution in [2.75, 3.05) is 18.1 Å². The summed E-state index contributed by atoms with van der Waals surface area (Å²) >= 11 is 3.17. The Kier molecular flexibility index (Phi) is 3.58. The molecule has 17 heavy (non-hydrogen) atoms. The molecule has 1 N–H and O–H groups in total. The van der Waals surface area contributed by atoms with E-state index in [0.29, 0.717) is 16.8 Å². The Morgan fingerprint density at radius 2 is 2.47 bits per heavy atom. The third-order valence-electron chi connectivity index (χ3n) is 2.87. The van der Waals surface area contributed by atoms with Crippen molar-refractivity contribution in [1.29, 1.82) is 0 Å². The van der Waals surface area contributed by atoms with E-state index < -0.39 is 4.92 Å². The maximum atomic E-state index is 11.0. The van der Waals surface area contributed by atoms with Crippen LogP contribution in [0.1, 0.15) is 12.8 Å². The van der Waals surface area contributed by atoms with Gasteiger partial charge in [-0.25, -0.2) is 4.98 Å². The van der Waals surface area contributed by atoms with Crippen LogP contribution in [0.3, 0.4) is 0 Å². The van der Waals surface area contributed by atoms with Crippen LogP contribution in [0.5, 0.6) is 0 Å². The van der Waals surface area contributed by atoms with Crippen molar-refractivity contribution in [2.45, 2.75) is 18.9 Å². The number of nitro groups is 1. The van der Waals surface area contributed by atoms with E-state index in [4.69, 9.17) is 0 Å². The molecule has 0 radical (unpaired) electrons. The predicted octanol–water partition coefficient (Wildman–Crippen LogP) is 1.71. The summed E-state index contributed by atoms with van der Waals surface area (Å²) in [5.41, 5.74) is -0.0280. The van der Waals surface area contributed by atoms with E-state index in [0.717, 1.165) is 12.8 Å². The molecule has 7 heteroatoms. The summed E-state index contributed by atoms with van der Waals surface area (Å²) in [4.78, 5) is 16.5. The fraction of sp³-hybridized carbons (Fsp3) is 0.500. The van der Waals surface area contributed by atoms with E-state index in [2.05, 4.69) is 20.9 Å². The summed E-state index contributed by atoms with van der Waals surface area (Å²) in [6.07, 6.45) is 3.29. The van der Waals surface area contributed by atoms with Crippen molar-refractivity contribution in [3.63, 3.8) is 0 Å². The molecule has 2 heterocycles. The Morgan fingerprint density at radius 1 is 1.71 bits per heavy atom. The number of aliphatic hydroxyl groups excluding tert-OH is 1. The van der Waals surface area contributed by atoms with Crippen LogP contribution in [0, 0.1) is 10.1 Å². The van der Waals surface area contributed by atoms with E-state index in [1.165, 1.54) is 12.3 Å². The second-order valence-electron chi connectivity index (χ2n) is 3.93. The standard InChI is InChI=1S/C10H12BrN3O3/c11-7-4-9(14(16)17)10(12-5-7)13-3-1-2-8(13)6-15/h4-5,8,15H,1-3,6H2/t8-/m1/s1. The van der Waals surface area contributed by atoms with Crippen LogP contribution >= 0.6 is 15.9 Å². The molecule has 1 aromatic rings. The van der Waals surface area contributed by atoms with Gasteiger partial charge in [0.25, 0.3) is 0 Å². The van der Waals surface area contributed by atoms with Gasteiger partial charge < -0.3 is 10.0 Å². The van der Waals surface area contributed by atoms with E-state index in [1.54, 1.807) is 0 Å². The molecular formula is C10H12BrN3O3. The van der Waals surface area contributed by atoms with Crippen molar-refractivity contribution in [2.24, 2.45) is 0 Å². The first-order valence-corrected chi connectivity index (χ1v) is 6.10. The van der Waals surface area contributed by atoms with Crippen LogP contribution in [-0.2, 0) is 0 Å². The van der Waals surface area contributed by atoms with Crippen molar-refractivity contribution in [3.8, 4) is 0 Å². The molecule has 0 spiro atoms. The van der Waals surface area contributed by atoms with Gasteiger partial charge >= 0.3 is 5.69 Å². The zero-order valence-electron chi connectivity index (χ0n) is 9.04. The van der Waals surface area contributed by atoms with E-state index in [-0.39, 0.29) is 18.3 Å². The van der Waals surface area contributed by atoms with Crippen LogP contribution in [-0.4, -0.2) is 34.2 Å². The quantitative estimate of drug-likeness (QED) is 0.679. The van der Waals surface area contributed by atoms with Crippen LogP contribution in [0.25, 0.3) is 0 Å². The molecule has 0 bridgehead atoms. The summed E-state index contributed by atoms with van der Waals surface area (Å²) in [6.45, 7) is 0.690. The topological polar surface area (TPSA) is 79.5 Å². The third kappa shape index (κ3) is 2.39. The molecular weight excluding hydrogens is 290 g/mol. The summed E-state index contributed by atoms with van der Waals surface area (Å²) in [6, 6.07) is 1.37. The lowest BCUT2D eigenvalue weighted by Crippen LogP contribution is -2.33. The van der Waals surface area contributed by atoms with Crippen LogP contribution in [0.15, 0.2) is 16.7 Å². The Hall–Kier alpha value is -1.21. The van der Waals surface area contributed by atoms with Crippen molar-refractivity contribution in [3.05, 3.63) is 26.9 Å². The minimum absolute atomic E-state index is 0.00506. The number of aliphatic hydroxyl groups is 1. The van der Waals surface area contributed by atoms with Gasteiger partial charge in [-0.15, -0.1) is 0 Å². The first-order chi connectivity index (χ1) is 8.13. The van der Waals surface area contributed by atoms with Gasteiger partial charge in [0.2, 0.25) is 5.82 Å². The molecule has 92 valence electrons. The zero-order chi connectivity index (χ0) is 12.4. The molecule has 1 saturated heterocycles. The lowest BCUT2D eigenvalue weighted by molar-refractivity contribution is -0.384. The SMILES string of the molecule is O=[N+]([O-])c1cc(Br)cnc1N1CCC[C@@H]1CO. The van der Waals surface area contributed by atoms with Crippen molar-refractivity contribution >= 4 is 27.4 Å². The number of aromatic nitrogens is 1. The number of nitrogens with zero attached hydrogens (tertiary/aromatic N) is 3. The fourth-order valence-corrected chi connectivity index (χ4v) is 2.40. The van der Waals surface area contributed by atoms with Gasteiger partial charge in [0.15, 0.2) is 0 Å². The normalized spacial score (nSPS) is 19.6. The van der Waals surface area contributed by atoms with Gasteiger partial charge in [0.1, 0.15) is 0 Å². The molecule has 0 aliphatic carbocycles. The summed E-state index contributed by atoms with van der Waals surface area (Å²) in [5, 5.41) is 20.2. The Morgan fingerprint density at radius 3 is 3.12 bits per heavy atom. The number of anilines is 1. The highest BCUT2D eigenvalue weighted by molar-refractivity contribution is 9.10. The van der Waals surface area contributed by atoms with Gasteiger partial charge in [-0.3, -0.25) is 10.1 Å². The Labute approximate surface area is 107 Å². The maximum Gasteiger partial charge on any atom is 0.312 e. The number of hydrogen-bond acceptors (Lipinski definition) is 5. The van der Waals surface area contributed by atoms with Gasteiger partial charge in [0, 0.05) is 23.3 Å². The second-order valence-corrected chi connectivity index (χ2v) is 4.84. The van der Waals surface area contributed by atoms with Gasteiger partial charge in [-0.1, -0.05) is 0 Å². The molecule has 1 aliphatic rings. The number of hydrogen-bond donors (Lipinski definition) is 1. The first-order valence-electron chi connectivity index (χ1n) is 5.31. The van der Waals surface area contributed by atoms with Crippen LogP contribution in [0.2, 0.25) is 0 Å². The molecule has 0 unspecified atom stereocenters. The molecule has 0 saturated carbocycles. The molecule has 1 aromatic heterocycles. The van der Waals surface area contributed by atoms with E-state index >= 15 is 0 Å². The molecule has 1 aliphatic heterocycles. The van der Waals surface area contributed by atoms with Gasteiger partial charge in [-0.2, -0.15) is 0 Å². The van der Waals surface area contributed by atoms with E-state index in [1.807, 2.05) is 4.90 Å². The first kappa shape index (κ1) is 12.3. The highest BCUT2D eigenvalue weighted by atomic mass is 79.9. The monoisotopic (exact) mass is 301 g/mol. The lowest BCUT2D eigenvalue weighted by Gasteiger charge is -2.23. The third-order valence-corrected chi connectivity index (χ3v) is 3.30. The highest BCUT2D eigenvalue weighted by Crippen LogP contribution is 2.33. The molecule has 0 amide bonds. The number of rotatable bonds is 3. The van der Waals surface area contributed by atoms with Crippen molar-refractivity contribution < 1.29 is 10.0 Å². The molecule has 6 nitrogen and oxygen atoms in total.